The summed E-state index contributed by atoms with van der Waals surface area (Å²) in [6.07, 6.45) is 1.62. The van der Waals surface area contributed by atoms with Crippen LogP contribution < -0.4 is 10.5 Å². The van der Waals surface area contributed by atoms with Crippen LogP contribution in [0.1, 0.15) is 37.5 Å². The second-order valence-corrected chi connectivity index (χ2v) is 6.52. The van der Waals surface area contributed by atoms with Crippen molar-refractivity contribution in [2.45, 2.75) is 33.1 Å². The van der Waals surface area contributed by atoms with Crippen LogP contribution in [0.2, 0.25) is 0 Å². The van der Waals surface area contributed by atoms with Crippen molar-refractivity contribution in [2.24, 2.45) is 5.73 Å². The number of nitrogens with zero attached hydrogens (tertiary/aromatic N) is 1. The number of ether oxygens (including phenoxy) is 1. The smallest absolute Gasteiger partial charge is 0.219 e. The molecule has 1 heterocycles. The van der Waals surface area contributed by atoms with E-state index in [2.05, 4.69) is 37.9 Å². The summed E-state index contributed by atoms with van der Waals surface area (Å²) in [7, 11) is 0. The predicted octanol–water partition coefficient (Wildman–Crippen LogP) is 4.11. The zero-order valence-electron chi connectivity index (χ0n) is 12.8. The van der Waals surface area contributed by atoms with Gasteiger partial charge in [0.2, 0.25) is 5.88 Å². The number of thiocarbonyl (C=S) groups is 1. The molecule has 0 amide bonds. The van der Waals surface area contributed by atoms with Gasteiger partial charge < -0.3 is 10.5 Å². The van der Waals surface area contributed by atoms with Crippen LogP contribution in [0.3, 0.4) is 0 Å². The molecule has 0 atom stereocenters. The van der Waals surface area contributed by atoms with Crippen molar-refractivity contribution >= 4 is 17.2 Å². The Morgan fingerprint density at radius 1 is 1.19 bits per heavy atom. The maximum absolute atomic E-state index is 5.82. The van der Waals surface area contributed by atoms with Gasteiger partial charge in [-0.3, -0.25) is 0 Å². The van der Waals surface area contributed by atoms with Gasteiger partial charge in [0, 0.05) is 17.8 Å². The van der Waals surface area contributed by atoms with Crippen molar-refractivity contribution in [1.82, 2.24) is 4.98 Å². The van der Waals surface area contributed by atoms with Crippen molar-refractivity contribution in [2.75, 3.05) is 0 Å². The predicted molar refractivity (Wildman–Crippen MR) is 90.1 cm³/mol. The summed E-state index contributed by atoms with van der Waals surface area (Å²) in [6.45, 7) is 8.61. The number of rotatable bonds is 3. The zero-order chi connectivity index (χ0) is 15.6. The number of benzene rings is 1. The number of hydrogen-bond acceptors (Lipinski definition) is 3. The van der Waals surface area contributed by atoms with Gasteiger partial charge in [0.15, 0.2) is 0 Å². The monoisotopic (exact) mass is 300 g/mol. The molecule has 0 bridgehead atoms. The average Bonchev–Trinajstić information content (AvgIpc) is 2.40. The molecule has 2 rings (SSSR count). The molecule has 0 saturated carbocycles. The van der Waals surface area contributed by atoms with E-state index < -0.39 is 0 Å². The van der Waals surface area contributed by atoms with Crippen LogP contribution in [0.15, 0.2) is 36.5 Å². The molecule has 1 aromatic carbocycles. The van der Waals surface area contributed by atoms with Crippen LogP contribution in [0, 0.1) is 6.92 Å². The van der Waals surface area contributed by atoms with E-state index in [0.29, 0.717) is 10.9 Å². The third-order valence-corrected chi connectivity index (χ3v) is 3.51. The lowest BCUT2D eigenvalue weighted by atomic mass is 9.86. The molecule has 21 heavy (non-hydrogen) atoms. The molecule has 0 unspecified atom stereocenters. The third kappa shape index (κ3) is 3.79. The lowest BCUT2D eigenvalue weighted by molar-refractivity contribution is 0.458. The fraction of sp³-hybridized carbons (Fsp3) is 0.294. The molecule has 3 nitrogen and oxygen atoms in total. The van der Waals surface area contributed by atoms with Crippen LogP contribution in [0.5, 0.6) is 11.6 Å². The summed E-state index contributed by atoms with van der Waals surface area (Å²) in [5.41, 5.74) is 8.77. The second kappa shape index (κ2) is 5.82. The summed E-state index contributed by atoms with van der Waals surface area (Å²) in [4.78, 5) is 4.55. The lowest BCUT2D eigenvalue weighted by Crippen LogP contribution is -2.11. The molecule has 110 valence electrons. The van der Waals surface area contributed by atoms with Gasteiger partial charge in [-0.2, -0.15) is 0 Å². The minimum Gasteiger partial charge on any atom is -0.439 e. The van der Waals surface area contributed by atoms with Crippen molar-refractivity contribution in [3.63, 3.8) is 0 Å². The molecular weight excluding hydrogens is 280 g/mol. The van der Waals surface area contributed by atoms with E-state index in [1.165, 1.54) is 5.56 Å². The molecule has 2 N–H and O–H groups in total. The lowest BCUT2D eigenvalue weighted by Gasteiger charge is -2.20. The van der Waals surface area contributed by atoms with E-state index >= 15 is 0 Å². The molecule has 0 aliphatic heterocycles. The summed E-state index contributed by atoms with van der Waals surface area (Å²) < 4.78 is 5.82. The Morgan fingerprint density at radius 2 is 1.90 bits per heavy atom. The second-order valence-electron chi connectivity index (χ2n) is 6.08. The summed E-state index contributed by atoms with van der Waals surface area (Å²) in [6, 6.07) is 9.80. The van der Waals surface area contributed by atoms with E-state index in [-0.39, 0.29) is 5.41 Å². The van der Waals surface area contributed by atoms with E-state index in [1.807, 2.05) is 19.1 Å². The summed E-state index contributed by atoms with van der Waals surface area (Å²) >= 11 is 4.90. The standard InChI is InChI=1S/C17H20N2OS/c1-11-9-13(17(2,3)4)6-7-14(11)20-15-8-5-12(10-19-15)16(18)21/h5-10H,1-4H3,(H2,18,21). The molecule has 0 aliphatic rings. The van der Waals surface area contributed by atoms with Crippen LogP contribution >= 0.6 is 12.2 Å². The number of aromatic nitrogens is 1. The topological polar surface area (TPSA) is 48.1 Å². The van der Waals surface area contributed by atoms with Crippen LogP contribution in [-0.4, -0.2) is 9.97 Å². The van der Waals surface area contributed by atoms with Crippen LogP contribution in [0.4, 0.5) is 0 Å². The number of nitrogens with two attached hydrogens (primary N) is 1. The quantitative estimate of drug-likeness (QED) is 0.866. The first-order valence-electron chi connectivity index (χ1n) is 6.82. The molecule has 1 aromatic heterocycles. The Bertz CT molecular complexity index is 657. The average molecular weight is 300 g/mol. The first-order chi connectivity index (χ1) is 9.77. The summed E-state index contributed by atoms with van der Waals surface area (Å²) in [5, 5.41) is 0. The highest BCUT2D eigenvalue weighted by atomic mass is 32.1. The highest BCUT2D eigenvalue weighted by Crippen LogP contribution is 2.29. The van der Waals surface area contributed by atoms with Crippen molar-refractivity contribution in [1.29, 1.82) is 0 Å². The fourth-order valence-corrected chi connectivity index (χ4v) is 2.05. The maximum atomic E-state index is 5.82. The minimum absolute atomic E-state index is 0.125. The van der Waals surface area contributed by atoms with E-state index in [4.69, 9.17) is 22.7 Å². The van der Waals surface area contributed by atoms with Gasteiger partial charge in [-0.05, 0) is 35.6 Å². The van der Waals surface area contributed by atoms with Crippen molar-refractivity contribution in [3.8, 4) is 11.6 Å². The van der Waals surface area contributed by atoms with Crippen molar-refractivity contribution in [3.05, 3.63) is 53.2 Å². The molecule has 2 aromatic rings. The Morgan fingerprint density at radius 3 is 2.38 bits per heavy atom. The molecule has 0 fully saturated rings. The Kier molecular flexibility index (Phi) is 4.28. The van der Waals surface area contributed by atoms with Crippen molar-refractivity contribution < 1.29 is 4.74 Å². The zero-order valence-corrected chi connectivity index (χ0v) is 13.6. The fourth-order valence-electron chi connectivity index (χ4n) is 1.93. The van der Waals surface area contributed by atoms with Gasteiger partial charge >= 0.3 is 0 Å². The van der Waals surface area contributed by atoms with Crippen LogP contribution in [-0.2, 0) is 5.41 Å². The molecular formula is C17H20N2OS. The molecule has 0 spiro atoms. The van der Waals surface area contributed by atoms with E-state index in [9.17, 15) is 0 Å². The first kappa shape index (κ1) is 15.4. The van der Waals surface area contributed by atoms with Gasteiger partial charge in [-0.25, -0.2) is 4.98 Å². The van der Waals surface area contributed by atoms with Gasteiger partial charge in [-0.1, -0.05) is 45.1 Å². The normalized spacial score (nSPS) is 11.2. The number of pyridine rings is 1. The SMILES string of the molecule is Cc1cc(C(C)(C)C)ccc1Oc1ccc(C(N)=S)cn1. The van der Waals surface area contributed by atoms with E-state index in [1.54, 1.807) is 12.3 Å². The number of hydrogen-bond donors (Lipinski definition) is 1. The van der Waals surface area contributed by atoms with Gasteiger partial charge in [0.1, 0.15) is 10.7 Å². The Hall–Kier alpha value is -1.94. The van der Waals surface area contributed by atoms with Gasteiger partial charge in [-0.15, -0.1) is 0 Å². The molecule has 0 saturated heterocycles. The first-order valence-corrected chi connectivity index (χ1v) is 7.23. The number of aryl methyl sites for hydroxylation is 1. The molecule has 0 aliphatic carbocycles. The van der Waals surface area contributed by atoms with E-state index in [0.717, 1.165) is 16.9 Å². The summed E-state index contributed by atoms with van der Waals surface area (Å²) in [5.74, 6) is 1.33. The highest BCUT2D eigenvalue weighted by molar-refractivity contribution is 7.80. The molecule has 0 radical (unpaired) electrons. The Balaban J connectivity index is 2.22. The van der Waals surface area contributed by atoms with Gasteiger partial charge in [0.05, 0.1) is 0 Å². The highest BCUT2D eigenvalue weighted by Gasteiger charge is 2.15. The largest absolute Gasteiger partial charge is 0.439 e. The van der Waals surface area contributed by atoms with Gasteiger partial charge in [0.25, 0.3) is 0 Å². The maximum Gasteiger partial charge on any atom is 0.219 e. The van der Waals surface area contributed by atoms with Crippen LogP contribution in [0.25, 0.3) is 0 Å². The molecule has 4 heteroatoms. The Labute approximate surface area is 131 Å². The third-order valence-electron chi connectivity index (χ3n) is 3.28. The minimum atomic E-state index is 0.125.